The molecule has 1 aliphatic rings. The average Bonchev–Trinajstić information content (AvgIpc) is 3.34. The first-order valence-electron chi connectivity index (χ1n) is 10.4. The minimum Gasteiger partial charge on any atom is -0.322 e. The van der Waals surface area contributed by atoms with E-state index in [-0.39, 0.29) is 16.8 Å². The van der Waals surface area contributed by atoms with Gasteiger partial charge in [-0.2, -0.15) is 9.40 Å². The van der Waals surface area contributed by atoms with Crippen LogP contribution in [0, 0.1) is 0 Å². The fourth-order valence-electron chi connectivity index (χ4n) is 3.97. The maximum absolute atomic E-state index is 13.0. The van der Waals surface area contributed by atoms with Crippen molar-refractivity contribution in [3.8, 4) is 11.3 Å². The summed E-state index contributed by atoms with van der Waals surface area (Å²) in [5.74, 6) is -0.300. The van der Waals surface area contributed by atoms with Gasteiger partial charge in [0.25, 0.3) is 5.91 Å². The molecule has 1 amide bonds. The van der Waals surface area contributed by atoms with E-state index in [9.17, 15) is 13.2 Å². The van der Waals surface area contributed by atoms with E-state index < -0.39 is 10.0 Å². The molecular formula is C23H26N4O3S. The molecule has 0 bridgehead atoms. The molecule has 8 heteroatoms. The van der Waals surface area contributed by atoms with Crippen molar-refractivity contribution in [2.75, 3.05) is 12.4 Å². The highest BCUT2D eigenvalue weighted by Gasteiger charge is 2.29. The van der Waals surface area contributed by atoms with E-state index in [2.05, 4.69) is 15.5 Å². The minimum absolute atomic E-state index is 0.0453. The van der Waals surface area contributed by atoms with Crippen LogP contribution in [0.1, 0.15) is 42.5 Å². The van der Waals surface area contributed by atoms with E-state index in [0.29, 0.717) is 11.3 Å². The van der Waals surface area contributed by atoms with E-state index in [0.717, 1.165) is 36.9 Å². The summed E-state index contributed by atoms with van der Waals surface area (Å²) in [5.41, 5.74) is 2.80. The summed E-state index contributed by atoms with van der Waals surface area (Å²) in [5, 5.41) is 9.70. The SMILES string of the molecule is CN(C1CCCCC1)S(=O)(=O)c1ccc(C(=O)Nc2cccc(-c3ccn[nH]3)c2)cc1. The second kappa shape index (κ2) is 9.03. The van der Waals surface area contributed by atoms with Gasteiger partial charge in [0.2, 0.25) is 10.0 Å². The molecule has 0 spiro atoms. The molecule has 1 aliphatic carbocycles. The van der Waals surface area contributed by atoms with Crippen molar-refractivity contribution >= 4 is 21.6 Å². The van der Waals surface area contributed by atoms with E-state index in [1.54, 1.807) is 31.4 Å². The minimum atomic E-state index is -3.58. The van der Waals surface area contributed by atoms with Crippen LogP contribution in [0.15, 0.2) is 65.7 Å². The van der Waals surface area contributed by atoms with Crippen LogP contribution >= 0.6 is 0 Å². The normalized spacial score (nSPS) is 15.2. The molecule has 3 aromatic rings. The predicted molar refractivity (Wildman–Crippen MR) is 120 cm³/mol. The molecule has 2 aromatic carbocycles. The number of carbonyl (C=O) groups is 1. The Kier molecular flexibility index (Phi) is 6.20. The number of sulfonamides is 1. The van der Waals surface area contributed by atoms with Crippen LogP contribution in [-0.4, -0.2) is 41.9 Å². The molecule has 0 aliphatic heterocycles. The molecule has 1 saturated carbocycles. The number of nitrogens with zero attached hydrogens (tertiary/aromatic N) is 2. The van der Waals surface area contributed by atoms with Crippen molar-refractivity contribution in [1.82, 2.24) is 14.5 Å². The Hall–Kier alpha value is -2.97. The highest BCUT2D eigenvalue weighted by atomic mass is 32.2. The lowest BCUT2D eigenvalue weighted by molar-refractivity contribution is 0.102. The van der Waals surface area contributed by atoms with Gasteiger partial charge < -0.3 is 5.32 Å². The van der Waals surface area contributed by atoms with Crippen LogP contribution in [-0.2, 0) is 10.0 Å². The van der Waals surface area contributed by atoms with Crippen LogP contribution in [0.4, 0.5) is 5.69 Å². The third-order valence-corrected chi connectivity index (χ3v) is 7.74. The molecule has 31 heavy (non-hydrogen) atoms. The number of H-pyrrole nitrogens is 1. The second-order valence-corrected chi connectivity index (χ2v) is 9.84. The number of anilines is 1. The molecule has 0 saturated heterocycles. The Balaban J connectivity index is 1.46. The molecule has 1 heterocycles. The first kappa shape index (κ1) is 21.3. The second-order valence-electron chi connectivity index (χ2n) is 7.84. The number of aromatic nitrogens is 2. The summed E-state index contributed by atoms with van der Waals surface area (Å²) in [4.78, 5) is 12.9. The number of benzene rings is 2. The van der Waals surface area contributed by atoms with Crippen molar-refractivity contribution in [1.29, 1.82) is 0 Å². The number of hydrogen-bond acceptors (Lipinski definition) is 4. The molecule has 162 valence electrons. The van der Waals surface area contributed by atoms with Gasteiger partial charge in [0.05, 0.1) is 10.6 Å². The van der Waals surface area contributed by atoms with Gasteiger partial charge in [-0.1, -0.05) is 31.4 Å². The van der Waals surface area contributed by atoms with Gasteiger partial charge in [-0.05, 0) is 55.3 Å². The maximum atomic E-state index is 13.0. The lowest BCUT2D eigenvalue weighted by atomic mass is 9.96. The lowest BCUT2D eigenvalue weighted by Crippen LogP contribution is -2.38. The third kappa shape index (κ3) is 4.70. The van der Waals surface area contributed by atoms with Gasteiger partial charge in [-0.15, -0.1) is 0 Å². The Morgan fingerprint density at radius 2 is 1.81 bits per heavy atom. The Labute approximate surface area is 182 Å². The van der Waals surface area contributed by atoms with Gasteiger partial charge in [-0.25, -0.2) is 8.42 Å². The maximum Gasteiger partial charge on any atom is 0.255 e. The smallest absolute Gasteiger partial charge is 0.255 e. The summed E-state index contributed by atoms with van der Waals surface area (Å²) in [6, 6.07) is 15.4. The number of amides is 1. The largest absolute Gasteiger partial charge is 0.322 e. The third-order valence-electron chi connectivity index (χ3n) is 5.81. The van der Waals surface area contributed by atoms with Gasteiger partial charge in [0.1, 0.15) is 0 Å². The molecule has 0 atom stereocenters. The fraction of sp³-hybridized carbons (Fsp3) is 0.304. The van der Waals surface area contributed by atoms with Crippen LogP contribution in [0.25, 0.3) is 11.3 Å². The molecular weight excluding hydrogens is 412 g/mol. The number of nitrogens with one attached hydrogen (secondary N) is 2. The molecule has 2 N–H and O–H groups in total. The zero-order valence-corrected chi connectivity index (χ0v) is 18.2. The Morgan fingerprint density at radius 1 is 1.06 bits per heavy atom. The van der Waals surface area contributed by atoms with Gasteiger partial charge in [0.15, 0.2) is 0 Å². The topological polar surface area (TPSA) is 95.2 Å². The molecule has 1 fully saturated rings. The summed E-state index contributed by atoms with van der Waals surface area (Å²) in [6.07, 6.45) is 6.75. The predicted octanol–water partition coefficient (Wildman–Crippen LogP) is 4.28. The summed E-state index contributed by atoms with van der Waals surface area (Å²) < 4.78 is 27.4. The Morgan fingerprint density at radius 3 is 2.48 bits per heavy atom. The number of rotatable bonds is 6. The van der Waals surface area contributed by atoms with E-state index in [1.165, 1.54) is 22.9 Å². The number of hydrogen-bond donors (Lipinski definition) is 2. The standard InChI is InChI=1S/C23H26N4O3S/c1-27(20-8-3-2-4-9-20)31(29,30)21-12-10-17(11-13-21)23(28)25-19-7-5-6-18(16-19)22-14-15-24-26-22/h5-7,10-16,20H,2-4,8-9H2,1H3,(H,24,26)(H,25,28). The zero-order valence-electron chi connectivity index (χ0n) is 17.4. The zero-order chi connectivity index (χ0) is 21.8. The van der Waals surface area contributed by atoms with Crippen LogP contribution in [0.2, 0.25) is 0 Å². The molecule has 4 rings (SSSR count). The van der Waals surface area contributed by atoms with Crippen LogP contribution < -0.4 is 5.32 Å². The molecule has 7 nitrogen and oxygen atoms in total. The van der Waals surface area contributed by atoms with Crippen molar-refractivity contribution in [3.63, 3.8) is 0 Å². The van der Waals surface area contributed by atoms with Crippen molar-refractivity contribution in [2.45, 2.75) is 43.0 Å². The van der Waals surface area contributed by atoms with E-state index in [1.807, 2.05) is 24.3 Å². The van der Waals surface area contributed by atoms with Crippen molar-refractivity contribution in [3.05, 3.63) is 66.4 Å². The summed E-state index contributed by atoms with van der Waals surface area (Å²) in [6.45, 7) is 0. The molecule has 0 radical (unpaired) electrons. The highest BCUT2D eigenvalue weighted by molar-refractivity contribution is 7.89. The molecule has 0 unspecified atom stereocenters. The van der Waals surface area contributed by atoms with Gasteiger partial charge in [0, 0.05) is 36.1 Å². The monoisotopic (exact) mass is 438 g/mol. The summed E-state index contributed by atoms with van der Waals surface area (Å²) in [7, 11) is -1.93. The first-order chi connectivity index (χ1) is 14.9. The van der Waals surface area contributed by atoms with Gasteiger partial charge in [-0.3, -0.25) is 9.89 Å². The van der Waals surface area contributed by atoms with Crippen molar-refractivity contribution in [2.24, 2.45) is 0 Å². The molecule has 1 aromatic heterocycles. The average molecular weight is 439 g/mol. The van der Waals surface area contributed by atoms with Gasteiger partial charge >= 0.3 is 0 Å². The van der Waals surface area contributed by atoms with E-state index >= 15 is 0 Å². The number of carbonyl (C=O) groups excluding carboxylic acids is 1. The van der Waals surface area contributed by atoms with Crippen LogP contribution in [0.5, 0.6) is 0 Å². The van der Waals surface area contributed by atoms with Crippen molar-refractivity contribution < 1.29 is 13.2 Å². The lowest BCUT2D eigenvalue weighted by Gasteiger charge is -2.30. The van der Waals surface area contributed by atoms with E-state index in [4.69, 9.17) is 0 Å². The fourth-order valence-corrected chi connectivity index (χ4v) is 5.39. The van der Waals surface area contributed by atoms with Crippen LogP contribution in [0.3, 0.4) is 0 Å². The number of aromatic amines is 1. The quantitative estimate of drug-likeness (QED) is 0.600. The Bertz CT molecular complexity index is 1140. The first-order valence-corrected chi connectivity index (χ1v) is 11.9. The summed E-state index contributed by atoms with van der Waals surface area (Å²) >= 11 is 0. The highest BCUT2D eigenvalue weighted by Crippen LogP contribution is 2.27.